The van der Waals surface area contributed by atoms with Gasteiger partial charge in [0.15, 0.2) is 0 Å². The second-order valence-corrected chi connectivity index (χ2v) is 5.38. The summed E-state index contributed by atoms with van der Waals surface area (Å²) < 4.78 is 0. The summed E-state index contributed by atoms with van der Waals surface area (Å²) in [6.45, 7) is 3.64. The zero-order valence-electron chi connectivity index (χ0n) is 10.7. The molecule has 0 bridgehead atoms. The van der Waals surface area contributed by atoms with Crippen LogP contribution in [0.1, 0.15) is 27.0 Å². The molecule has 0 atom stereocenters. The topological polar surface area (TPSA) is 61.7 Å². The van der Waals surface area contributed by atoms with Crippen LogP contribution in [0.25, 0.3) is 0 Å². The molecule has 4 nitrogen and oxygen atoms in total. The molecule has 0 aliphatic carbocycles. The summed E-state index contributed by atoms with van der Waals surface area (Å²) in [6, 6.07) is 10.9. The molecule has 0 fully saturated rings. The zero-order valence-corrected chi connectivity index (χ0v) is 11.5. The lowest BCUT2D eigenvalue weighted by atomic mass is 10.1. The van der Waals surface area contributed by atoms with Gasteiger partial charge in [-0.1, -0.05) is 23.4 Å². The molecule has 2 N–H and O–H groups in total. The minimum Gasteiger partial charge on any atom is -0.411 e. The molecule has 0 spiro atoms. The van der Waals surface area contributed by atoms with Crippen LogP contribution in [0.4, 0.5) is 5.69 Å². The lowest BCUT2D eigenvalue weighted by Gasteiger charge is -2.09. The van der Waals surface area contributed by atoms with E-state index in [0.717, 1.165) is 4.88 Å². The van der Waals surface area contributed by atoms with E-state index in [1.165, 1.54) is 11.3 Å². The van der Waals surface area contributed by atoms with Crippen molar-refractivity contribution in [1.82, 2.24) is 0 Å². The standard InChI is InChI=1S/C14H14N2O2S/c1-9-7-8-13(19-9)14(17)15-12-6-4-3-5-11(12)10(2)16-18/h3-8,18H,1-2H3,(H,15,17)/b16-10+. The van der Waals surface area contributed by atoms with Gasteiger partial charge >= 0.3 is 0 Å². The van der Waals surface area contributed by atoms with E-state index >= 15 is 0 Å². The second-order valence-electron chi connectivity index (χ2n) is 4.10. The highest BCUT2D eigenvalue weighted by Crippen LogP contribution is 2.20. The number of nitrogens with one attached hydrogen (secondary N) is 1. The number of amides is 1. The summed E-state index contributed by atoms with van der Waals surface area (Å²) >= 11 is 1.44. The first-order valence-corrected chi connectivity index (χ1v) is 6.59. The van der Waals surface area contributed by atoms with E-state index < -0.39 is 0 Å². The van der Waals surface area contributed by atoms with Gasteiger partial charge in [0.25, 0.3) is 5.91 Å². The van der Waals surface area contributed by atoms with E-state index in [0.29, 0.717) is 21.8 Å². The van der Waals surface area contributed by atoms with Crippen LogP contribution in [0, 0.1) is 6.92 Å². The van der Waals surface area contributed by atoms with Crippen molar-refractivity contribution in [2.45, 2.75) is 13.8 Å². The van der Waals surface area contributed by atoms with Gasteiger partial charge in [0.05, 0.1) is 16.3 Å². The highest BCUT2D eigenvalue weighted by molar-refractivity contribution is 7.14. The molecule has 2 rings (SSSR count). The Bertz CT molecular complexity index is 632. The van der Waals surface area contributed by atoms with Gasteiger partial charge in [-0.3, -0.25) is 4.79 Å². The van der Waals surface area contributed by atoms with Gasteiger partial charge in [0, 0.05) is 10.4 Å². The molecule has 1 aromatic heterocycles. The Labute approximate surface area is 115 Å². The Morgan fingerprint density at radius 2 is 2.00 bits per heavy atom. The molecular weight excluding hydrogens is 260 g/mol. The summed E-state index contributed by atoms with van der Waals surface area (Å²) in [5.41, 5.74) is 1.79. The third-order valence-corrected chi connectivity index (χ3v) is 3.68. The Kier molecular flexibility index (Phi) is 3.97. The van der Waals surface area contributed by atoms with Gasteiger partial charge in [-0.25, -0.2) is 0 Å². The number of anilines is 1. The molecule has 98 valence electrons. The monoisotopic (exact) mass is 274 g/mol. The van der Waals surface area contributed by atoms with Crippen molar-refractivity contribution < 1.29 is 10.0 Å². The molecule has 1 aromatic carbocycles. The van der Waals surface area contributed by atoms with E-state index in [1.54, 1.807) is 25.1 Å². The van der Waals surface area contributed by atoms with Crippen LogP contribution in [-0.4, -0.2) is 16.8 Å². The SMILES string of the molecule is C/C(=N\O)c1ccccc1NC(=O)c1ccc(C)s1. The zero-order chi connectivity index (χ0) is 13.8. The fourth-order valence-corrected chi connectivity index (χ4v) is 2.46. The number of rotatable bonds is 3. The Morgan fingerprint density at radius 3 is 2.63 bits per heavy atom. The van der Waals surface area contributed by atoms with Gasteiger partial charge in [0.1, 0.15) is 0 Å². The number of oxime groups is 1. The van der Waals surface area contributed by atoms with Gasteiger partial charge in [-0.15, -0.1) is 11.3 Å². The fourth-order valence-electron chi connectivity index (χ4n) is 1.70. The first-order valence-electron chi connectivity index (χ1n) is 5.77. The first-order chi connectivity index (χ1) is 9.11. The normalized spacial score (nSPS) is 11.4. The first kappa shape index (κ1) is 13.3. The lowest BCUT2D eigenvalue weighted by Crippen LogP contribution is -2.13. The van der Waals surface area contributed by atoms with Crippen LogP contribution in [0.3, 0.4) is 0 Å². The Balaban J connectivity index is 2.27. The Morgan fingerprint density at radius 1 is 1.26 bits per heavy atom. The van der Waals surface area contributed by atoms with Crippen molar-refractivity contribution in [3.63, 3.8) is 0 Å². The van der Waals surface area contributed by atoms with Crippen LogP contribution >= 0.6 is 11.3 Å². The highest BCUT2D eigenvalue weighted by Gasteiger charge is 2.11. The van der Waals surface area contributed by atoms with Crippen molar-refractivity contribution in [2.75, 3.05) is 5.32 Å². The number of nitrogens with zero attached hydrogens (tertiary/aromatic N) is 1. The Hall–Kier alpha value is -2.14. The molecule has 0 saturated carbocycles. The molecule has 19 heavy (non-hydrogen) atoms. The summed E-state index contributed by atoms with van der Waals surface area (Å²) in [7, 11) is 0. The summed E-state index contributed by atoms with van der Waals surface area (Å²) in [6.07, 6.45) is 0. The van der Waals surface area contributed by atoms with Gasteiger partial charge in [-0.2, -0.15) is 0 Å². The van der Waals surface area contributed by atoms with Crippen molar-refractivity contribution in [3.05, 3.63) is 51.7 Å². The van der Waals surface area contributed by atoms with Crippen LogP contribution in [0.15, 0.2) is 41.6 Å². The average Bonchev–Trinajstić information content (AvgIpc) is 2.85. The molecular formula is C14H14N2O2S. The summed E-state index contributed by atoms with van der Waals surface area (Å²) in [5, 5.41) is 14.9. The van der Waals surface area contributed by atoms with Crippen molar-refractivity contribution in [1.29, 1.82) is 0 Å². The maximum atomic E-state index is 12.1. The molecule has 0 aliphatic rings. The highest BCUT2D eigenvalue weighted by atomic mass is 32.1. The van der Waals surface area contributed by atoms with Crippen LogP contribution in [0.5, 0.6) is 0 Å². The lowest BCUT2D eigenvalue weighted by molar-refractivity contribution is 0.103. The number of aryl methyl sites for hydroxylation is 1. The molecule has 5 heteroatoms. The molecule has 1 heterocycles. The number of thiophene rings is 1. The number of benzene rings is 1. The number of hydrogen-bond acceptors (Lipinski definition) is 4. The summed E-state index contributed by atoms with van der Waals surface area (Å²) in [5.74, 6) is -0.156. The van der Waals surface area contributed by atoms with Crippen LogP contribution in [-0.2, 0) is 0 Å². The minimum atomic E-state index is -0.156. The third-order valence-electron chi connectivity index (χ3n) is 2.68. The van der Waals surface area contributed by atoms with Gasteiger partial charge in [-0.05, 0) is 32.0 Å². The molecule has 0 radical (unpaired) electrons. The van der Waals surface area contributed by atoms with Crippen LogP contribution < -0.4 is 5.32 Å². The van der Waals surface area contributed by atoms with E-state index in [2.05, 4.69) is 10.5 Å². The van der Waals surface area contributed by atoms with E-state index in [9.17, 15) is 4.79 Å². The quantitative estimate of drug-likeness (QED) is 0.511. The molecule has 0 saturated heterocycles. The molecule has 0 aliphatic heterocycles. The maximum Gasteiger partial charge on any atom is 0.265 e. The summed E-state index contributed by atoms with van der Waals surface area (Å²) in [4.78, 5) is 13.8. The van der Waals surface area contributed by atoms with Gasteiger partial charge < -0.3 is 10.5 Å². The van der Waals surface area contributed by atoms with Crippen molar-refractivity contribution in [3.8, 4) is 0 Å². The molecule has 0 unspecified atom stereocenters. The fraction of sp³-hybridized carbons (Fsp3) is 0.143. The maximum absolute atomic E-state index is 12.1. The molecule has 1 amide bonds. The third kappa shape index (κ3) is 3.00. The predicted molar refractivity (Wildman–Crippen MR) is 77.4 cm³/mol. The van der Waals surface area contributed by atoms with Crippen molar-refractivity contribution in [2.24, 2.45) is 5.16 Å². The van der Waals surface area contributed by atoms with Crippen molar-refractivity contribution >= 4 is 28.6 Å². The minimum absolute atomic E-state index is 0.156. The second kappa shape index (κ2) is 5.67. The van der Waals surface area contributed by atoms with Gasteiger partial charge in [0.2, 0.25) is 0 Å². The number of hydrogen-bond donors (Lipinski definition) is 2. The molecule has 2 aromatic rings. The number of carbonyl (C=O) groups is 1. The van der Waals surface area contributed by atoms with Crippen LogP contribution in [0.2, 0.25) is 0 Å². The number of para-hydroxylation sites is 1. The van der Waals surface area contributed by atoms with E-state index in [1.807, 2.05) is 25.1 Å². The predicted octanol–water partition coefficient (Wildman–Crippen LogP) is 3.51. The largest absolute Gasteiger partial charge is 0.411 e. The average molecular weight is 274 g/mol. The van der Waals surface area contributed by atoms with E-state index in [4.69, 9.17) is 5.21 Å². The number of carbonyl (C=O) groups excluding carboxylic acids is 1. The van der Waals surface area contributed by atoms with E-state index in [-0.39, 0.29) is 5.91 Å². The smallest absolute Gasteiger partial charge is 0.265 e.